The first-order valence-electron chi connectivity index (χ1n) is 6.75. The Labute approximate surface area is 128 Å². The number of para-hydroxylation sites is 1. The molecule has 6 nitrogen and oxygen atoms in total. The van der Waals surface area contributed by atoms with Crippen molar-refractivity contribution < 1.29 is 19.1 Å². The lowest BCUT2D eigenvalue weighted by molar-refractivity contribution is 0.0912. The normalized spacial score (nSPS) is 9.68. The maximum atomic E-state index is 11.9. The molecule has 0 unspecified atom stereocenters. The molecule has 2 rings (SSSR count). The van der Waals surface area contributed by atoms with E-state index in [2.05, 4.69) is 15.6 Å². The molecule has 22 heavy (non-hydrogen) atoms. The van der Waals surface area contributed by atoms with E-state index < -0.39 is 12.0 Å². The zero-order valence-corrected chi connectivity index (χ0v) is 12.0. The highest BCUT2D eigenvalue weighted by Gasteiger charge is 2.08. The third-order valence-corrected chi connectivity index (χ3v) is 2.63. The molecule has 0 saturated carbocycles. The zero-order valence-electron chi connectivity index (χ0n) is 12.0. The van der Waals surface area contributed by atoms with Crippen molar-refractivity contribution in [1.82, 2.24) is 10.9 Å². The summed E-state index contributed by atoms with van der Waals surface area (Å²) in [6, 6.07) is 15.8. The van der Waals surface area contributed by atoms with Gasteiger partial charge in [-0.1, -0.05) is 24.3 Å². The highest BCUT2D eigenvalue weighted by Crippen LogP contribution is 2.21. The number of hydrazine groups is 1. The number of carbonyl (C=O) groups is 2. The van der Waals surface area contributed by atoms with Gasteiger partial charge in [0.25, 0.3) is 5.91 Å². The van der Waals surface area contributed by atoms with Gasteiger partial charge in [0.2, 0.25) is 0 Å². The smallest absolute Gasteiger partial charge is 0.426 e. The standard InChI is InChI=1S/C16H16N2O4/c1-2-21-16(20)18-17-15(19)12-7-6-10-14(11-12)22-13-8-4-3-5-9-13/h3-11H,2H2,1H3,(H,17,19)(H,18,20). The summed E-state index contributed by atoms with van der Waals surface area (Å²) < 4.78 is 10.3. The van der Waals surface area contributed by atoms with Crippen LogP contribution in [0.2, 0.25) is 0 Å². The summed E-state index contributed by atoms with van der Waals surface area (Å²) in [7, 11) is 0. The van der Waals surface area contributed by atoms with Crippen molar-refractivity contribution in [2.24, 2.45) is 0 Å². The van der Waals surface area contributed by atoms with Gasteiger partial charge in [0, 0.05) is 5.56 Å². The molecule has 2 aromatic carbocycles. The van der Waals surface area contributed by atoms with Crippen molar-refractivity contribution in [2.45, 2.75) is 6.92 Å². The topological polar surface area (TPSA) is 76.7 Å². The van der Waals surface area contributed by atoms with Gasteiger partial charge < -0.3 is 9.47 Å². The minimum atomic E-state index is -0.715. The average Bonchev–Trinajstić information content (AvgIpc) is 2.54. The van der Waals surface area contributed by atoms with Crippen LogP contribution in [0.1, 0.15) is 17.3 Å². The highest BCUT2D eigenvalue weighted by molar-refractivity contribution is 5.95. The fraction of sp³-hybridized carbons (Fsp3) is 0.125. The number of nitrogens with one attached hydrogen (secondary N) is 2. The van der Waals surface area contributed by atoms with Gasteiger partial charge in [-0.25, -0.2) is 10.2 Å². The predicted octanol–water partition coefficient (Wildman–Crippen LogP) is 2.87. The third-order valence-electron chi connectivity index (χ3n) is 2.63. The second-order valence-electron chi connectivity index (χ2n) is 4.24. The Morgan fingerprint density at radius 1 is 0.955 bits per heavy atom. The van der Waals surface area contributed by atoms with Crippen LogP contribution in [0.4, 0.5) is 4.79 Å². The maximum absolute atomic E-state index is 11.9. The molecular weight excluding hydrogens is 284 g/mol. The molecule has 0 fully saturated rings. The lowest BCUT2D eigenvalue weighted by Gasteiger charge is -2.09. The molecule has 0 spiro atoms. The van der Waals surface area contributed by atoms with Gasteiger partial charge in [-0.3, -0.25) is 10.2 Å². The summed E-state index contributed by atoms with van der Waals surface area (Å²) in [6.07, 6.45) is -0.715. The minimum Gasteiger partial charge on any atom is -0.457 e. The van der Waals surface area contributed by atoms with Crippen LogP contribution in [0, 0.1) is 0 Å². The first-order valence-corrected chi connectivity index (χ1v) is 6.75. The monoisotopic (exact) mass is 300 g/mol. The molecule has 0 bridgehead atoms. The fourth-order valence-corrected chi connectivity index (χ4v) is 1.67. The maximum Gasteiger partial charge on any atom is 0.426 e. The van der Waals surface area contributed by atoms with Crippen LogP contribution in [-0.2, 0) is 4.74 Å². The van der Waals surface area contributed by atoms with Crippen molar-refractivity contribution >= 4 is 12.0 Å². The van der Waals surface area contributed by atoms with Gasteiger partial charge in [0.15, 0.2) is 0 Å². The molecule has 6 heteroatoms. The summed E-state index contributed by atoms with van der Waals surface area (Å²) in [4.78, 5) is 23.0. The molecule has 0 aliphatic rings. The number of hydrogen-bond acceptors (Lipinski definition) is 4. The summed E-state index contributed by atoms with van der Waals surface area (Å²) in [5.74, 6) is 0.728. The molecule has 0 saturated heterocycles. The van der Waals surface area contributed by atoms with Crippen LogP contribution in [0.15, 0.2) is 54.6 Å². The van der Waals surface area contributed by atoms with Crippen LogP contribution in [0.3, 0.4) is 0 Å². The average molecular weight is 300 g/mol. The quantitative estimate of drug-likeness (QED) is 0.851. The number of benzene rings is 2. The lowest BCUT2D eigenvalue weighted by atomic mass is 10.2. The van der Waals surface area contributed by atoms with E-state index in [4.69, 9.17) is 4.74 Å². The van der Waals surface area contributed by atoms with E-state index in [-0.39, 0.29) is 6.61 Å². The number of ether oxygens (including phenoxy) is 2. The summed E-state index contributed by atoms with van der Waals surface area (Å²) >= 11 is 0. The zero-order chi connectivity index (χ0) is 15.8. The fourth-order valence-electron chi connectivity index (χ4n) is 1.67. The molecule has 114 valence electrons. The van der Waals surface area contributed by atoms with E-state index >= 15 is 0 Å². The first-order chi connectivity index (χ1) is 10.7. The Morgan fingerprint density at radius 2 is 1.68 bits per heavy atom. The molecule has 0 aliphatic carbocycles. The summed E-state index contributed by atoms with van der Waals surface area (Å²) in [6.45, 7) is 1.90. The molecule has 0 radical (unpaired) electrons. The second kappa shape index (κ2) is 7.68. The van der Waals surface area contributed by atoms with Gasteiger partial charge in [-0.15, -0.1) is 0 Å². The molecule has 2 N–H and O–H groups in total. The highest BCUT2D eigenvalue weighted by atomic mass is 16.6. The first kappa shape index (κ1) is 15.4. The molecule has 0 heterocycles. The Kier molecular flexibility index (Phi) is 5.37. The Morgan fingerprint density at radius 3 is 2.41 bits per heavy atom. The summed E-state index contributed by atoms with van der Waals surface area (Å²) in [5.41, 5.74) is 4.76. The molecule has 0 aliphatic heterocycles. The van der Waals surface area contributed by atoms with Crippen LogP contribution < -0.4 is 15.6 Å². The molecule has 0 aromatic heterocycles. The minimum absolute atomic E-state index is 0.224. The van der Waals surface area contributed by atoms with E-state index in [1.165, 1.54) is 0 Å². The van der Waals surface area contributed by atoms with Crippen LogP contribution in [0.25, 0.3) is 0 Å². The van der Waals surface area contributed by atoms with E-state index in [9.17, 15) is 9.59 Å². The van der Waals surface area contributed by atoms with E-state index in [1.807, 2.05) is 30.3 Å². The van der Waals surface area contributed by atoms with Crippen molar-refractivity contribution in [1.29, 1.82) is 0 Å². The molecule has 0 atom stereocenters. The number of carbonyl (C=O) groups excluding carboxylic acids is 2. The Balaban J connectivity index is 1.98. The number of hydrogen-bond donors (Lipinski definition) is 2. The van der Waals surface area contributed by atoms with Crippen molar-refractivity contribution in [3.63, 3.8) is 0 Å². The van der Waals surface area contributed by atoms with Crippen LogP contribution in [0.5, 0.6) is 11.5 Å². The molecule has 2 aromatic rings. The van der Waals surface area contributed by atoms with E-state index in [0.717, 1.165) is 0 Å². The Hall–Kier alpha value is -3.02. The van der Waals surface area contributed by atoms with Gasteiger partial charge in [-0.2, -0.15) is 0 Å². The lowest BCUT2D eigenvalue weighted by Crippen LogP contribution is -2.41. The van der Waals surface area contributed by atoms with E-state index in [1.54, 1.807) is 31.2 Å². The van der Waals surface area contributed by atoms with Gasteiger partial charge in [0.05, 0.1) is 6.61 Å². The van der Waals surface area contributed by atoms with E-state index in [0.29, 0.717) is 17.1 Å². The van der Waals surface area contributed by atoms with Crippen molar-refractivity contribution in [3.05, 3.63) is 60.2 Å². The van der Waals surface area contributed by atoms with Crippen molar-refractivity contribution in [2.75, 3.05) is 6.61 Å². The van der Waals surface area contributed by atoms with Crippen LogP contribution >= 0.6 is 0 Å². The van der Waals surface area contributed by atoms with Gasteiger partial charge in [0.1, 0.15) is 11.5 Å². The SMILES string of the molecule is CCOC(=O)NNC(=O)c1cccc(Oc2ccccc2)c1. The van der Waals surface area contributed by atoms with Gasteiger partial charge >= 0.3 is 6.09 Å². The summed E-state index contributed by atoms with van der Waals surface area (Å²) in [5, 5.41) is 0. The molecule has 2 amide bonds. The number of rotatable bonds is 4. The van der Waals surface area contributed by atoms with Crippen LogP contribution in [-0.4, -0.2) is 18.6 Å². The third kappa shape index (κ3) is 4.52. The second-order valence-corrected chi connectivity index (χ2v) is 4.24. The Bertz CT molecular complexity index is 644. The van der Waals surface area contributed by atoms with Gasteiger partial charge in [-0.05, 0) is 37.3 Å². The van der Waals surface area contributed by atoms with Crippen molar-refractivity contribution in [3.8, 4) is 11.5 Å². The molecular formula is C16H16N2O4. The predicted molar refractivity (Wildman–Crippen MR) is 80.6 cm³/mol. The number of amides is 2. The largest absolute Gasteiger partial charge is 0.457 e.